The number of hydrogen-bond donors (Lipinski definition) is 2. The zero-order valence-electron chi connectivity index (χ0n) is 10.4. The van der Waals surface area contributed by atoms with Crippen LogP contribution in [0.4, 0.5) is 0 Å². The SMILES string of the molecule is COc1cnn(C(C)C)c1C(C)(O)CCN. The number of nitrogens with two attached hydrogens (primary N) is 1. The van der Waals surface area contributed by atoms with Gasteiger partial charge in [-0.3, -0.25) is 4.68 Å². The van der Waals surface area contributed by atoms with E-state index >= 15 is 0 Å². The Hall–Kier alpha value is -1.07. The Morgan fingerprint density at radius 3 is 2.69 bits per heavy atom. The second kappa shape index (κ2) is 4.84. The summed E-state index contributed by atoms with van der Waals surface area (Å²) in [7, 11) is 1.57. The van der Waals surface area contributed by atoms with Crippen LogP contribution in [0.25, 0.3) is 0 Å². The molecule has 1 atom stereocenters. The van der Waals surface area contributed by atoms with Crippen molar-refractivity contribution in [1.29, 1.82) is 0 Å². The molecule has 0 saturated carbocycles. The monoisotopic (exact) mass is 227 g/mol. The highest BCUT2D eigenvalue weighted by Crippen LogP contribution is 2.33. The van der Waals surface area contributed by atoms with Gasteiger partial charge in [0.25, 0.3) is 0 Å². The van der Waals surface area contributed by atoms with Gasteiger partial charge in [0.2, 0.25) is 0 Å². The first kappa shape index (κ1) is 13.0. The fourth-order valence-electron chi connectivity index (χ4n) is 1.80. The second-order valence-corrected chi connectivity index (χ2v) is 4.41. The van der Waals surface area contributed by atoms with Gasteiger partial charge < -0.3 is 15.6 Å². The summed E-state index contributed by atoms with van der Waals surface area (Å²) in [5, 5.41) is 14.6. The molecule has 0 amide bonds. The lowest BCUT2D eigenvalue weighted by molar-refractivity contribution is 0.0371. The number of rotatable bonds is 5. The van der Waals surface area contributed by atoms with E-state index in [9.17, 15) is 5.11 Å². The van der Waals surface area contributed by atoms with Crippen LogP contribution in [0.15, 0.2) is 6.20 Å². The molecule has 92 valence electrons. The highest BCUT2D eigenvalue weighted by atomic mass is 16.5. The Bertz CT molecular complexity index is 345. The number of hydrogen-bond acceptors (Lipinski definition) is 4. The van der Waals surface area contributed by atoms with Gasteiger partial charge in [0, 0.05) is 6.04 Å². The third kappa shape index (κ3) is 2.36. The van der Waals surface area contributed by atoms with E-state index in [1.807, 2.05) is 13.8 Å². The fraction of sp³-hybridized carbons (Fsp3) is 0.727. The highest BCUT2D eigenvalue weighted by Gasteiger charge is 2.31. The number of ether oxygens (including phenoxy) is 1. The fourth-order valence-corrected chi connectivity index (χ4v) is 1.80. The summed E-state index contributed by atoms with van der Waals surface area (Å²) in [4.78, 5) is 0. The van der Waals surface area contributed by atoms with E-state index in [0.29, 0.717) is 24.4 Å². The molecule has 0 aliphatic carbocycles. The lowest BCUT2D eigenvalue weighted by Crippen LogP contribution is -2.29. The van der Waals surface area contributed by atoms with Gasteiger partial charge in [0.1, 0.15) is 11.3 Å². The third-order valence-electron chi connectivity index (χ3n) is 2.61. The maximum atomic E-state index is 10.4. The molecule has 0 spiro atoms. The van der Waals surface area contributed by atoms with Crippen LogP contribution in [0.3, 0.4) is 0 Å². The van der Waals surface area contributed by atoms with Crippen molar-refractivity contribution in [2.45, 2.75) is 38.8 Å². The Kier molecular flexibility index (Phi) is 3.93. The average Bonchev–Trinajstić information content (AvgIpc) is 2.61. The molecule has 3 N–H and O–H groups in total. The van der Waals surface area contributed by atoms with Gasteiger partial charge in [0.05, 0.1) is 13.3 Å². The minimum atomic E-state index is -1.01. The van der Waals surface area contributed by atoms with Crippen LogP contribution in [-0.2, 0) is 5.60 Å². The van der Waals surface area contributed by atoms with Gasteiger partial charge in [-0.25, -0.2) is 0 Å². The Labute approximate surface area is 96.2 Å². The summed E-state index contributed by atoms with van der Waals surface area (Å²) in [6.07, 6.45) is 2.10. The van der Waals surface area contributed by atoms with Crippen LogP contribution in [-0.4, -0.2) is 28.5 Å². The highest BCUT2D eigenvalue weighted by molar-refractivity contribution is 5.30. The predicted molar refractivity (Wildman–Crippen MR) is 62.4 cm³/mol. The van der Waals surface area contributed by atoms with Crippen LogP contribution in [0.2, 0.25) is 0 Å². The van der Waals surface area contributed by atoms with E-state index in [4.69, 9.17) is 10.5 Å². The topological polar surface area (TPSA) is 73.3 Å². The molecule has 0 saturated heterocycles. The molecule has 1 heterocycles. The number of aliphatic hydroxyl groups is 1. The van der Waals surface area contributed by atoms with Crippen molar-refractivity contribution >= 4 is 0 Å². The summed E-state index contributed by atoms with van der Waals surface area (Å²) in [6.45, 7) is 6.17. The van der Waals surface area contributed by atoms with Crippen molar-refractivity contribution in [1.82, 2.24) is 9.78 Å². The van der Waals surface area contributed by atoms with Crippen LogP contribution in [0.5, 0.6) is 5.75 Å². The molecule has 0 bridgehead atoms. The predicted octanol–water partition coefficient (Wildman–Crippen LogP) is 1.03. The smallest absolute Gasteiger partial charge is 0.162 e. The molecule has 1 unspecified atom stereocenters. The Balaban J connectivity index is 3.22. The zero-order chi connectivity index (χ0) is 12.3. The molecule has 0 fully saturated rings. The van der Waals surface area contributed by atoms with Gasteiger partial charge in [-0.05, 0) is 33.7 Å². The van der Waals surface area contributed by atoms with E-state index in [2.05, 4.69) is 5.10 Å². The van der Waals surface area contributed by atoms with Gasteiger partial charge in [-0.2, -0.15) is 5.10 Å². The first-order valence-electron chi connectivity index (χ1n) is 5.48. The standard InChI is InChI=1S/C11H21N3O2/c1-8(2)14-10(9(16-4)7-13-14)11(3,15)5-6-12/h7-8,15H,5-6,12H2,1-4H3. The molecule has 0 aliphatic heterocycles. The summed E-state index contributed by atoms with van der Waals surface area (Å²) < 4.78 is 7.00. The maximum Gasteiger partial charge on any atom is 0.162 e. The summed E-state index contributed by atoms with van der Waals surface area (Å²) >= 11 is 0. The molecule has 16 heavy (non-hydrogen) atoms. The quantitative estimate of drug-likeness (QED) is 0.788. The van der Waals surface area contributed by atoms with E-state index in [0.717, 1.165) is 0 Å². The molecule has 5 nitrogen and oxygen atoms in total. The van der Waals surface area contributed by atoms with E-state index in [1.165, 1.54) is 0 Å². The Morgan fingerprint density at radius 1 is 1.62 bits per heavy atom. The largest absolute Gasteiger partial charge is 0.493 e. The molecular weight excluding hydrogens is 206 g/mol. The van der Waals surface area contributed by atoms with Crippen molar-refractivity contribution < 1.29 is 9.84 Å². The zero-order valence-corrected chi connectivity index (χ0v) is 10.4. The van der Waals surface area contributed by atoms with Crippen molar-refractivity contribution in [2.24, 2.45) is 5.73 Å². The number of aromatic nitrogens is 2. The molecule has 0 aromatic carbocycles. The normalized spacial score (nSPS) is 15.2. The van der Waals surface area contributed by atoms with Gasteiger partial charge in [-0.1, -0.05) is 0 Å². The number of methoxy groups -OCH3 is 1. The average molecular weight is 227 g/mol. The van der Waals surface area contributed by atoms with Crippen molar-refractivity contribution in [3.05, 3.63) is 11.9 Å². The summed E-state index contributed by atoms with van der Waals surface area (Å²) in [6, 6.07) is 0.170. The van der Waals surface area contributed by atoms with Crippen LogP contribution in [0.1, 0.15) is 38.9 Å². The minimum absolute atomic E-state index is 0.170. The molecule has 0 aliphatic rings. The van der Waals surface area contributed by atoms with Crippen molar-refractivity contribution in [3.63, 3.8) is 0 Å². The summed E-state index contributed by atoms with van der Waals surface area (Å²) in [5.74, 6) is 0.604. The second-order valence-electron chi connectivity index (χ2n) is 4.41. The van der Waals surface area contributed by atoms with Crippen molar-refractivity contribution in [2.75, 3.05) is 13.7 Å². The molecule has 1 aromatic heterocycles. The molecule has 1 aromatic rings. The van der Waals surface area contributed by atoms with Crippen LogP contribution in [0, 0.1) is 0 Å². The van der Waals surface area contributed by atoms with E-state index < -0.39 is 5.60 Å². The molecule has 5 heteroatoms. The minimum Gasteiger partial charge on any atom is -0.493 e. The molecule has 0 radical (unpaired) electrons. The Morgan fingerprint density at radius 2 is 2.25 bits per heavy atom. The van der Waals surface area contributed by atoms with Crippen LogP contribution < -0.4 is 10.5 Å². The van der Waals surface area contributed by atoms with E-state index in [-0.39, 0.29) is 6.04 Å². The lowest BCUT2D eigenvalue weighted by atomic mass is 9.97. The maximum absolute atomic E-state index is 10.4. The lowest BCUT2D eigenvalue weighted by Gasteiger charge is -2.26. The molecule has 1 rings (SSSR count). The first-order valence-corrected chi connectivity index (χ1v) is 5.48. The summed E-state index contributed by atoms with van der Waals surface area (Å²) in [5.41, 5.74) is 5.19. The van der Waals surface area contributed by atoms with Gasteiger partial charge in [-0.15, -0.1) is 0 Å². The van der Waals surface area contributed by atoms with Crippen LogP contribution >= 0.6 is 0 Å². The van der Waals surface area contributed by atoms with Crippen molar-refractivity contribution in [3.8, 4) is 5.75 Å². The van der Waals surface area contributed by atoms with Gasteiger partial charge in [0.15, 0.2) is 5.75 Å². The van der Waals surface area contributed by atoms with Gasteiger partial charge >= 0.3 is 0 Å². The molecular formula is C11H21N3O2. The third-order valence-corrected chi connectivity index (χ3v) is 2.61. The van der Waals surface area contributed by atoms with E-state index in [1.54, 1.807) is 24.9 Å². The number of nitrogens with zero attached hydrogens (tertiary/aromatic N) is 2. The first-order chi connectivity index (χ1) is 7.44.